The van der Waals surface area contributed by atoms with E-state index in [0.717, 1.165) is 53.5 Å². The molecule has 0 amide bonds. The monoisotopic (exact) mass is 528 g/mol. The van der Waals surface area contributed by atoms with Crippen molar-refractivity contribution < 1.29 is 18.4 Å². The van der Waals surface area contributed by atoms with Crippen LogP contribution in [0.1, 0.15) is 25.5 Å². The van der Waals surface area contributed by atoms with Gasteiger partial charge in [0.15, 0.2) is 28.1 Å². The maximum atomic E-state index is 13.6. The van der Waals surface area contributed by atoms with E-state index in [0.29, 0.717) is 22.0 Å². The van der Waals surface area contributed by atoms with E-state index >= 15 is 0 Å². The highest BCUT2D eigenvalue weighted by Gasteiger charge is 2.21. The summed E-state index contributed by atoms with van der Waals surface area (Å²) in [5.41, 5.74) is 4.30. The van der Waals surface area contributed by atoms with Crippen LogP contribution in [0, 0.1) is 0 Å². The molecule has 1 saturated heterocycles. The fourth-order valence-electron chi connectivity index (χ4n) is 4.83. The molecule has 3 aromatic heterocycles. The zero-order valence-electron chi connectivity index (χ0n) is 21.2. The molecule has 8 nitrogen and oxygen atoms in total. The van der Waals surface area contributed by atoms with Crippen LogP contribution < -0.4 is 9.47 Å². The number of rotatable bonds is 7. The van der Waals surface area contributed by atoms with Crippen molar-refractivity contribution in [2.24, 2.45) is 0 Å². The minimum absolute atomic E-state index is 0.0650. The highest BCUT2D eigenvalue weighted by atomic mass is 32.2. The molecular weight excluding hydrogens is 500 g/mol. The molecule has 0 N–H and O–H groups in total. The van der Waals surface area contributed by atoms with Crippen molar-refractivity contribution in [3.8, 4) is 33.8 Å². The minimum atomic E-state index is -1.47. The van der Waals surface area contributed by atoms with Gasteiger partial charge >= 0.3 is 0 Å². The Morgan fingerprint density at radius 2 is 1.76 bits per heavy atom. The Bertz CT molecular complexity index is 1610. The van der Waals surface area contributed by atoms with Gasteiger partial charge in [-0.15, -0.1) is 0 Å². The highest BCUT2D eigenvalue weighted by Crippen LogP contribution is 2.37. The lowest BCUT2D eigenvalue weighted by atomic mass is 10.0. The highest BCUT2D eigenvalue weighted by molar-refractivity contribution is 7.83. The third kappa shape index (κ3) is 4.48. The number of nitrogens with zero attached hydrogens (tertiary/aromatic N) is 4. The van der Waals surface area contributed by atoms with Gasteiger partial charge in [-0.1, -0.05) is 24.3 Å². The van der Waals surface area contributed by atoms with Crippen LogP contribution in [0.25, 0.3) is 33.3 Å². The Morgan fingerprint density at radius 1 is 0.921 bits per heavy atom. The number of pyridine rings is 1. The normalized spacial score (nSPS) is 16.4. The van der Waals surface area contributed by atoms with Gasteiger partial charge in [-0.2, -0.15) is 5.10 Å². The lowest BCUT2D eigenvalue weighted by molar-refractivity contribution is -0.0394. The van der Waals surface area contributed by atoms with Crippen LogP contribution in [0.4, 0.5) is 0 Å². The summed E-state index contributed by atoms with van der Waals surface area (Å²) in [6.45, 7) is 0.744. The lowest BCUT2D eigenvalue weighted by Crippen LogP contribution is -2.18. The van der Waals surface area contributed by atoms with Gasteiger partial charge in [-0.3, -0.25) is 0 Å². The van der Waals surface area contributed by atoms with E-state index < -0.39 is 11.0 Å². The summed E-state index contributed by atoms with van der Waals surface area (Å²) in [5.74, 6) is 1.30. The van der Waals surface area contributed by atoms with Crippen LogP contribution in [-0.4, -0.2) is 43.8 Å². The number of hydrogen-bond donors (Lipinski definition) is 0. The average Bonchev–Trinajstić information content (AvgIpc) is 3.62. The summed E-state index contributed by atoms with van der Waals surface area (Å²) in [6.07, 6.45) is 10.6. The van der Waals surface area contributed by atoms with Crippen molar-refractivity contribution in [3.05, 3.63) is 79.4 Å². The second kappa shape index (κ2) is 10.4. The molecule has 0 radical (unpaired) electrons. The molecule has 1 fully saturated rings. The maximum Gasteiger partial charge on any atom is 0.161 e. The largest absolute Gasteiger partial charge is 0.493 e. The number of benzene rings is 2. The van der Waals surface area contributed by atoms with Gasteiger partial charge in [-0.25, -0.2) is 17.8 Å². The zero-order chi connectivity index (χ0) is 26.1. The molecule has 0 saturated carbocycles. The standard InChI is InChI=1S/C29H28N4O4S/c1-35-26-12-11-20(15-27(26)36-2)21-14-24-25(22-17-31-32(18-22)28-10-6-7-13-37-28)19-33(29(24)30-16-21)38(34)23-8-4-3-5-9-23/h3-5,8-9,11-12,14-19,28H,6-7,10,13H2,1-2H3. The topological polar surface area (TPSA) is 80.4 Å². The van der Waals surface area contributed by atoms with Crippen LogP contribution >= 0.6 is 0 Å². The van der Waals surface area contributed by atoms with Gasteiger partial charge in [-0.05, 0) is 55.2 Å². The van der Waals surface area contributed by atoms with Crippen LogP contribution in [0.3, 0.4) is 0 Å². The predicted octanol–water partition coefficient (Wildman–Crippen LogP) is 5.85. The van der Waals surface area contributed by atoms with E-state index in [1.54, 1.807) is 24.4 Å². The zero-order valence-corrected chi connectivity index (χ0v) is 22.1. The van der Waals surface area contributed by atoms with Crippen molar-refractivity contribution in [1.29, 1.82) is 0 Å². The molecule has 0 spiro atoms. The lowest BCUT2D eigenvalue weighted by Gasteiger charge is -2.22. The fraction of sp³-hybridized carbons (Fsp3) is 0.241. The Morgan fingerprint density at radius 3 is 2.53 bits per heavy atom. The Kier molecular flexibility index (Phi) is 6.70. The van der Waals surface area contributed by atoms with Crippen molar-refractivity contribution >= 4 is 22.0 Å². The van der Waals surface area contributed by atoms with Gasteiger partial charge in [0.1, 0.15) is 6.23 Å². The molecular formula is C29H28N4O4S. The van der Waals surface area contributed by atoms with Crippen molar-refractivity contribution in [3.63, 3.8) is 0 Å². The molecule has 0 bridgehead atoms. The summed E-state index contributed by atoms with van der Waals surface area (Å²) in [7, 11) is 1.77. The van der Waals surface area contributed by atoms with Crippen molar-refractivity contribution in [1.82, 2.24) is 18.7 Å². The van der Waals surface area contributed by atoms with Gasteiger partial charge in [0.25, 0.3) is 0 Å². The Hall–Kier alpha value is -3.95. The maximum absolute atomic E-state index is 13.6. The molecule has 1 aliphatic rings. The summed E-state index contributed by atoms with van der Waals surface area (Å²) in [6, 6.07) is 17.3. The van der Waals surface area contributed by atoms with Crippen molar-refractivity contribution in [2.45, 2.75) is 30.4 Å². The first-order chi connectivity index (χ1) is 18.7. The molecule has 1 aliphatic heterocycles. The molecule has 5 aromatic rings. The summed E-state index contributed by atoms with van der Waals surface area (Å²) in [5, 5.41) is 5.49. The summed E-state index contributed by atoms with van der Waals surface area (Å²) in [4.78, 5) is 5.49. The molecule has 6 rings (SSSR count). The minimum Gasteiger partial charge on any atom is -0.493 e. The van der Waals surface area contributed by atoms with Gasteiger partial charge in [0, 0.05) is 47.3 Å². The SMILES string of the molecule is COc1ccc(-c2cnc3c(c2)c(-c2cnn(C4CCCCO4)c2)cn3S(=O)c2ccccc2)cc1OC. The van der Waals surface area contributed by atoms with E-state index in [2.05, 4.69) is 11.2 Å². The Labute approximate surface area is 223 Å². The van der Waals surface area contributed by atoms with Gasteiger partial charge < -0.3 is 14.2 Å². The fourth-order valence-corrected chi connectivity index (χ4v) is 5.95. The molecule has 2 aromatic carbocycles. The van der Waals surface area contributed by atoms with Gasteiger partial charge in [0.05, 0.1) is 25.3 Å². The van der Waals surface area contributed by atoms with E-state index in [1.807, 2.05) is 71.8 Å². The number of hydrogen-bond acceptors (Lipinski definition) is 6. The Balaban J connectivity index is 1.48. The third-order valence-corrected chi connectivity index (χ3v) is 8.13. The summed E-state index contributed by atoms with van der Waals surface area (Å²) < 4.78 is 34.1. The van der Waals surface area contributed by atoms with Crippen LogP contribution in [0.2, 0.25) is 0 Å². The van der Waals surface area contributed by atoms with E-state index in [9.17, 15) is 4.21 Å². The number of methoxy groups -OCH3 is 2. The molecule has 0 aliphatic carbocycles. The average molecular weight is 529 g/mol. The second-order valence-corrected chi connectivity index (χ2v) is 10.5. The molecule has 38 heavy (non-hydrogen) atoms. The van der Waals surface area contributed by atoms with E-state index in [1.165, 1.54) is 0 Å². The molecule has 2 atom stereocenters. The predicted molar refractivity (Wildman–Crippen MR) is 147 cm³/mol. The number of ether oxygens (including phenoxy) is 3. The number of fused-ring (bicyclic) bond motifs is 1. The smallest absolute Gasteiger partial charge is 0.161 e. The second-order valence-electron chi connectivity index (χ2n) is 9.13. The molecule has 2 unspecified atom stereocenters. The van der Waals surface area contributed by atoms with Crippen LogP contribution in [0.5, 0.6) is 11.5 Å². The van der Waals surface area contributed by atoms with E-state index in [4.69, 9.17) is 19.2 Å². The van der Waals surface area contributed by atoms with Crippen molar-refractivity contribution in [2.75, 3.05) is 20.8 Å². The van der Waals surface area contributed by atoms with Crippen LogP contribution in [0.15, 0.2) is 84.3 Å². The molecule has 9 heteroatoms. The van der Waals surface area contributed by atoms with Crippen LogP contribution in [-0.2, 0) is 15.7 Å². The molecule has 4 heterocycles. The third-order valence-electron chi connectivity index (χ3n) is 6.82. The first kappa shape index (κ1) is 24.4. The quantitative estimate of drug-likeness (QED) is 0.264. The van der Waals surface area contributed by atoms with E-state index in [-0.39, 0.29) is 6.23 Å². The first-order valence-corrected chi connectivity index (χ1v) is 13.6. The van der Waals surface area contributed by atoms with Gasteiger partial charge in [0.2, 0.25) is 0 Å². The number of aromatic nitrogens is 4. The first-order valence-electron chi connectivity index (χ1n) is 12.5. The molecule has 194 valence electrons. The summed E-state index contributed by atoms with van der Waals surface area (Å²) >= 11 is 0.